The second-order valence-corrected chi connectivity index (χ2v) is 3.98. The Morgan fingerprint density at radius 3 is 2.47 bits per heavy atom. The molecule has 0 heterocycles. The van der Waals surface area contributed by atoms with Crippen molar-refractivity contribution in [2.45, 2.75) is 32.7 Å². The summed E-state index contributed by atoms with van der Waals surface area (Å²) in [5, 5.41) is 3.49. The summed E-state index contributed by atoms with van der Waals surface area (Å²) < 4.78 is 10.8. The maximum atomic E-state index is 5.48. The van der Waals surface area contributed by atoms with E-state index in [-0.39, 0.29) is 0 Å². The highest BCUT2D eigenvalue weighted by Crippen LogP contribution is 2.35. The maximum absolute atomic E-state index is 5.48. The van der Waals surface area contributed by atoms with Crippen LogP contribution in [0.3, 0.4) is 0 Å². The molecular formula is C14H23NO2. The molecule has 0 aliphatic rings. The monoisotopic (exact) mass is 237 g/mol. The standard InChI is InChI=1S/C14H23NO2/c1-5-8-12(15-6-2)11-9-7-10-13(16-3)14(11)17-4/h7,9-10,12,15H,5-6,8H2,1-4H3. The van der Waals surface area contributed by atoms with Crippen LogP contribution < -0.4 is 14.8 Å². The van der Waals surface area contributed by atoms with Crippen molar-refractivity contribution in [2.24, 2.45) is 0 Å². The topological polar surface area (TPSA) is 30.5 Å². The summed E-state index contributed by atoms with van der Waals surface area (Å²) in [6, 6.07) is 6.37. The molecule has 3 heteroatoms. The Morgan fingerprint density at radius 2 is 1.94 bits per heavy atom. The molecule has 1 N–H and O–H groups in total. The highest BCUT2D eigenvalue weighted by molar-refractivity contribution is 5.48. The molecule has 3 nitrogen and oxygen atoms in total. The summed E-state index contributed by atoms with van der Waals surface area (Å²) >= 11 is 0. The lowest BCUT2D eigenvalue weighted by atomic mass is 10.0. The lowest BCUT2D eigenvalue weighted by molar-refractivity contribution is 0.345. The van der Waals surface area contributed by atoms with Gasteiger partial charge in [0.25, 0.3) is 0 Å². The van der Waals surface area contributed by atoms with Gasteiger partial charge in [0.1, 0.15) is 0 Å². The predicted octanol–water partition coefficient (Wildman–Crippen LogP) is 3.15. The van der Waals surface area contributed by atoms with Crippen LogP contribution in [0.1, 0.15) is 38.3 Å². The number of ether oxygens (including phenoxy) is 2. The van der Waals surface area contributed by atoms with Gasteiger partial charge in [-0.25, -0.2) is 0 Å². The van der Waals surface area contributed by atoms with Crippen LogP contribution in [-0.4, -0.2) is 20.8 Å². The van der Waals surface area contributed by atoms with E-state index in [2.05, 4.69) is 25.2 Å². The van der Waals surface area contributed by atoms with Gasteiger partial charge in [0.15, 0.2) is 11.5 Å². The second kappa shape index (κ2) is 7.17. The van der Waals surface area contributed by atoms with Crippen molar-refractivity contribution in [2.75, 3.05) is 20.8 Å². The summed E-state index contributed by atoms with van der Waals surface area (Å²) in [4.78, 5) is 0. The lowest BCUT2D eigenvalue weighted by Gasteiger charge is -2.21. The third-order valence-corrected chi connectivity index (χ3v) is 2.84. The summed E-state index contributed by atoms with van der Waals surface area (Å²) in [6.07, 6.45) is 2.23. The molecule has 0 aliphatic carbocycles. The van der Waals surface area contributed by atoms with Gasteiger partial charge in [-0.2, -0.15) is 0 Å². The summed E-state index contributed by atoms with van der Waals surface area (Å²) in [6.45, 7) is 5.26. The van der Waals surface area contributed by atoms with Gasteiger partial charge in [0.2, 0.25) is 0 Å². The third-order valence-electron chi connectivity index (χ3n) is 2.84. The molecule has 17 heavy (non-hydrogen) atoms. The van der Waals surface area contributed by atoms with E-state index < -0.39 is 0 Å². The van der Waals surface area contributed by atoms with Crippen molar-refractivity contribution in [3.63, 3.8) is 0 Å². The highest BCUT2D eigenvalue weighted by atomic mass is 16.5. The fourth-order valence-electron chi connectivity index (χ4n) is 2.09. The van der Waals surface area contributed by atoms with Crippen LogP contribution in [0.2, 0.25) is 0 Å². The quantitative estimate of drug-likeness (QED) is 0.790. The van der Waals surface area contributed by atoms with Crippen LogP contribution in [0.5, 0.6) is 11.5 Å². The van der Waals surface area contributed by atoms with Gasteiger partial charge < -0.3 is 14.8 Å². The molecule has 96 valence electrons. The minimum Gasteiger partial charge on any atom is -0.493 e. The molecule has 1 aromatic rings. The van der Waals surface area contributed by atoms with Crippen LogP contribution in [-0.2, 0) is 0 Å². The van der Waals surface area contributed by atoms with E-state index in [4.69, 9.17) is 9.47 Å². The van der Waals surface area contributed by atoms with E-state index in [1.54, 1.807) is 14.2 Å². The molecule has 1 atom stereocenters. The number of nitrogens with one attached hydrogen (secondary N) is 1. The molecule has 1 rings (SSSR count). The molecular weight excluding hydrogens is 214 g/mol. The zero-order valence-corrected chi connectivity index (χ0v) is 11.2. The summed E-state index contributed by atoms with van der Waals surface area (Å²) in [7, 11) is 3.36. The Balaban J connectivity index is 3.07. The fraction of sp³-hybridized carbons (Fsp3) is 0.571. The first-order chi connectivity index (χ1) is 8.28. The molecule has 0 amide bonds. The van der Waals surface area contributed by atoms with E-state index in [0.717, 1.165) is 30.9 Å². The van der Waals surface area contributed by atoms with E-state index >= 15 is 0 Å². The van der Waals surface area contributed by atoms with Gasteiger partial charge in [-0.3, -0.25) is 0 Å². The number of rotatable bonds is 7. The van der Waals surface area contributed by atoms with Gasteiger partial charge in [-0.05, 0) is 19.0 Å². The molecule has 0 spiro atoms. The third kappa shape index (κ3) is 3.37. The van der Waals surface area contributed by atoms with Crippen molar-refractivity contribution in [1.29, 1.82) is 0 Å². The van der Waals surface area contributed by atoms with Gasteiger partial charge in [0, 0.05) is 11.6 Å². The van der Waals surface area contributed by atoms with Crippen molar-refractivity contribution < 1.29 is 9.47 Å². The molecule has 0 radical (unpaired) electrons. The molecule has 0 aromatic heterocycles. The largest absolute Gasteiger partial charge is 0.493 e. The van der Waals surface area contributed by atoms with E-state index in [1.807, 2.05) is 12.1 Å². The molecule has 1 aromatic carbocycles. The van der Waals surface area contributed by atoms with Crippen LogP contribution in [0.15, 0.2) is 18.2 Å². The van der Waals surface area contributed by atoms with Gasteiger partial charge in [0.05, 0.1) is 14.2 Å². The minimum atomic E-state index is 0.329. The van der Waals surface area contributed by atoms with Gasteiger partial charge in [-0.1, -0.05) is 32.4 Å². The number of hydrogen-bond donors (Lipinski definition) is 1. The van der Waals surface area contributed by atoms with E-state index in [0.29, 0.717) is 6.04 Å². The van der Waals surface area contributed by atoms with E-state index in [9.17, 15) is 0 Å². The predicted molar refractivity (Wildman–Crippen MR) is 70.9 cm³/mol. The van der Waals surface area contributed by atoms with Crippen LogP contribution >= 0.6 is 0 Å². The Bertz CT molecular complexity index is 333. The Labute approximate surface area is 104 Å². The molecule has 1 unspecified atom stereocenters. The van der Waals surface area contributed by atoms with E-state index in [1.165, 1.54) is 5.56 Å². The maximum Gasteiger partial charge on any atom is 0.165 e. The molecule has 0 bridgehead atoms. The first-order valence-electron chi connectivity index (χ1n) is 6.22. The second-order valence-electron chi connectivity index (χ2n) is 3.98. The Kier molecular flexibility index (Phi) is 5.84. The number of methoxy groups -OCH3 is 2. The summed E-state index contributed by atoms with van der Waals surface area (Å²) in [5.74, 6) is 1.64. The lowest BCUT2D eigenvalue weighted by Crippen LogP contribution is -2.21. The first-order valence-corrected chi connectivity index (χ1v) is 6.22. The minimum absolute atomic E-state index is 0.329. The fourth-order valence-corrected chi connectivity index (χ4v) is 2.09. The molecule has 0 saturated heterocycles. The number of para-hydroxylation sites is 1. The smallest absolute Gasteiger partial charge is 0.165 e. The average molecular weight is 237 g/mol. The Hall–Kier alpha value is -1.22. The molecule has 0 saturated carbocycles. The SMILES string of the molecule is CCCC(NCC)c1cccc(OC)c1OC. The average Bonchev–Trinajstić information content (AvgIpc) is 2.37. The van der Waals surface area contributed by atoms with Crippen molar-refractivity contribution in [3.05, 3.63) is 23.8 Å². The highest BCUT2D eigenvalue weighted by Gasteiger charge is 2.17. The van der Waals surface area contributed by atoms with Crippen LogP contribution in [0, 0.1) is 0 Å². The van der Waals surface area contributed by atoms with Gasteiger partial charge >= 0.3 is 0 Å². The van der Waals surface area contributed by atoms with Crippen molar-refractivity contribution in [3.8, 4) is 11.5 Å². The Morgan fingerprint density at radius 1 is 1.18 bits per heavy atom. The van der Waals surface area contributed by atoms with Crippen molar-refractivity contribution >= 4 is 0 Å². The molecule has 0 fully saturated rings. The number of benzene rings is 1. The van der Waals surface area contributed by atoms with Crippen LogP contribution in [0.4, 0.5) is 0 Å². The number of hydrogen-bond acceptors (Lipinski definition) is 3. The molecule has 0 aliphatic heterocycles. The van der Waals surface area contributed by atoms with Gasteiger partial charge in [-0.15, -0.1) is 0 Å². The summed E-state index contributed by atoms with van der Waals surface area (Å²) in [5.41, 5.74) is 1.18. The first kappa shape index (κ1) is 13.8. The zero-order valence-electron chi connectivity index (χ0n) is 11.2. The van der Waals surface area contributed by atoms with Crippen LogP contribution in [0.25, 0.3) is 0 Å². The van der Waals surface area contributed by atoms with Crippen molar-refractivity contribution in [1.82, 2.24) is 5.32 Å². The zero-order chi connectivity index (χ0) is 12.7. The normalized spacial score (nSPS) is 12.2.